The lowest BCUT2D eigenvalue weighted by atomic mass is 9.92. The molecule has 1 saturated heterocycles. The summed E-state index contributed by atoms with van der Waals surface area (Å²) in [6.45, 7) is 3.38. The number of aromatic nitrogens is 1. The van der Waals surface area contributed by atoms with E-state index in [0.29, 0.717) is 13.2 Å². The maximum atomic E-state index is 12.4. The van der Waals surface area contributed by atoms with Crippen LogP contribution in [0.15, 0.2) is 30.5 Å². The van der Waals surface area contributed by atoms with Crippen LogP contribution in [0.3, 0.4) is 0 Å². The number of hydrogen-bond acceptors (Lipinski definition) is 4. The number of aryl methyl sites for hydroxylation is 1. The molecule has 2 aromatic rings. The summed E-state index contributed by atoms with van der Waals surface area (Å²) in [5, 5.41) is 3.90. The van der Waals surface area contributed by atoms with Gasteiger partial charge in [0.15, 0.2) is 0 Å². The third-order valence-corrected chi connectivity index (χ3v) is 4.31. The van der Waals surface area contributed by atoms with Gasteiger partial charge in [-0.15, -0.1) is 24.8 Å². The van der Waals surface area contributed by atoms with E-state index in [9.17, 15) is 4.79 Å². The summed E-state index contributed by atoms with van der Waals surface area (Å²) < 4.78 is 5.32. The normalized spacial score (nSPS) is 15.9. The molecule has 1 amide bonds. The van der Waals surface area contributed by atoms with E-state index in [1.54, 1.807) is 6.20 Å². The summed E-state index contributed by atoms with van der Waals surface area (Å²) in [6.07, 6.45) is 3.43. The first-order valence-corrected chi connectivity index (χ1v) is 7.65. The van der Waals surface area contributed by atoms with Crippen LogP contribution in [0.5, 0.6) is 0 Å². The monoisotopic (exact) mass is 371 g/mol. The number of halogens is 2. The summed E-state index contributed by atoms with van der Waals surface area (Å²) in [7, 11) is 0. The molecule has 0 spiro atoms. The molecule has 3 rings (SSSR count). The van der Waals surface area contributed by atoms with Crippen molar-refractivity contribution in [3.63, 3.8) is 0 Å². The molecule has 1 aromatic heterocycles. The number of anilines is 1. The van der Waals surface area contributed by atoms with Gasteiger partial charge in [0.25, 0.3) is 0 Å². The first-order valence-electron chi connectivity index (χ1n) is 7.65. The van der Waals surface area contributed by atoms with Crippen molar-refractivity contribution in [1.29, 1.82) is 0 Å². The van der Waals surface area contributed by atoms with E-state index in [1.807, 2.05) is 31.2 Å². The van der Waals surface area contributed by atoms with Crippen molar-refractivity contribution in [2.75, 3.05) is 18.5 Å². The highest BCUT2D eigenvalue weighted by molar-refractivity contribution is 6.03. The maximum Gasteiger partial charge on any atom is 0.241 e. The Labute approximate surface area is 154 Å². The van der Waals surface area contributed by atoms with Crippen molar-refractivity contribution in [2.45, 2.75) is 25.8 Å². The fourth-order valence-electron chi connectivity index (χ4n) is 2.93. The quantitative estimate of drug-likeness (QED) is 0.868. The van der Waals surface area contributed by atoms with Gasteiger partial charge in [-0.05, 0) is 49.4 Å². The zero-order chi connectivity index (χ0) is 15.5. The Morgan fingerprint density at radius 1 is 1.29 bits per heavy atom. The molecule has 3 N–H and O–H groups in total. The third-order valence-electron chi connectivity index (χ3n) is 4.31. The summed E-state index contributed by atoms with van der Waals surface area (Å²) in [5.74, 6) is 0.0458. The molecule has 1 unspecified atom stereocenters. The van der Waals surface area contributed by atoms with Gasteiger partial charge in [0.05, 0.1) is 17.2 Å². The highest BCUT2D eigenvalue weighted by Crippen LogP contribution is 2.25. The Morgan fingerprint density at radius 2 is 2.00 bits per heavy atom. The van der Waals surface area contributed by atoms with Gasteiger partial charge in [0.1, 0.15) is 0 Å². The van der Waals surface area contributed by atoms with Crippen LogP contribution in [0.1, 0.15) is 18.4 Å². The average molecular weight is 372 g/mol. The topological polar surface area (TPSA) is 77.2 Å². The molecule has 5 nitrogen and oxygen atoms in total. The number of nitrogens with one attached hydrogen (secondary N) is 1. The van der Waals surface area contributed by atoms with Gasteiger partial charge in [-0.1, -0.05) is 6.07 Å². The number of pyridine rings is 1. The molecule has 7 heteroatoms. The van der Waals surface area contributed by atoms with E-state index in [2.05, 4.69) is 10.3 Å². The Kier molecular flexibility index (Phi) is 7.90. The standard InChI is InChI=1S/C17H21N3O2.2ClH/c1-11-4-5-14(13-3-2-8-19-16(11)13)20-17(21)15(18)12-6-9-22-10-7-12;;/h2-5,8,12,15H,6-7,9-10,18H2,1H3,(H,20,21);2*1H. The molecule has 132 valence electrons. The Balaban J connectivity index is 0.00000144. The zero-order valence-electron chi connectivity index (χ0n) is 13.5. The largest absolute Gasteiger partial charge is 0.381 e. The molecule has 24 heavy (non-hydrogen) atoms. The number of nitrogens with zero attached hydrogens (tertiary/aromatic N) is 1. The van der Waals surface area contributed by atoms with Gasteiger partial charge in [-0.25, -0.2) is 0 Å². The Hall–Kier alpha value is -1.40. The fourth-order valence-corrected chi connectivity index (χ4v) is 2.93. The highest BCUT2D eigenvalue weighted by Gasteiger charge is 2.26. The van der Waals surface area contributed by atoms with E-state index < -0.39 is 6.04 Å². The number of rotatable bonds is 3. The molecule has 1 fully saturated rings. The van der Waals surface area contributed by atoms with E-state index in [4.69, 9.17) is 10.5 Å². The number of carbonyl (C=O) groups excluding carboxylic acids is 1. The lowest BCUT2D eigenvalue weighted by molar-refractivity contribution is -0.119. The van der Waals surface area contributed by atoms with E-state index >= 15 is 0 Å². The van der Waals surface area contributed by atoms with Crippen molar-refractivity contribution in [2.24, 2.45) is 11.7 Å². The summed E-state index contributed by atoms with van der Waals surface area (Å²) >= 11 is 0. The lowest BCUT2D eigenvalue weighted by Gasteiger charge is -2.26. The number of fused-ring (bicyclic) bond motifs is 1. The third kappa shape index (κ3) is 4.36. The van der Waals surface area contributed by atoms with Crippen LogP contribution in [0.2, 0.25) is 0 Å². The van der Waals surface area contributed by atoms with E-state index in [-0.39, 0.29) is 36.6 Å². The molecular formula is C17H23Cl2N3O2. The molecule has 0 bridgehead atoms. The minimum Gasteiger partial charge on any atom is -0.381 e. The SMILES string of the molecule is Cc1ccc(NC(=O)C(N)C2CCOCC2)c2cccnc12.Cl.Cl. The van der Waals surface area contributed by atoms with E-state index in [1.165, 1.54) is 0 Å². The van der Waals surface area contributed by atoms with Gasteiger partial charge in [0, 0.05) is 24.8 Å². The van der Waals surface area contributed by atoms with Crippen LogP contribution in [-0.4, -0.2) is 30.1 Å². The van der Waals surface area contributed by atoms with Crippen molar-refractivity contribution < 1.29 is 9.53 Å². The van der Waals surface area contributed by atoms with Gasteiger partial charge >= 0.3 is 0 Å². The molecule has 1 aliphatic heterocycles. The molecule has 0 saturated carbocycles. The number of ether oxygens (including phenoxy) is 1. The molecule has 1 aromatic carbocycles. The number of carbonyl (C=O) groups is 1. The zero-order valence-corrected chi connectivity index (χ0v) is 15.2. The van der Waals surface area contributed by atoms with Crippen LogP contribution in [0.25, 0.3) is 10.9 Å². The molecule has 1 aliphatic rings. The Morgan fingerprint density at radius 3 is 2.71 bits per heavy atom. The van der Waals surface area contributed by atoms with Gasteiger partial charge in [0.2, 0.25) is 5.91 Å². The summed E-state index contributed by atoms with van der Waals surface area (Å²) in [5.41, 5.74) is 8.88. The molecule has 0 radical (unpaired) electrons. The van der Waals surface area contributed by atoms with Gasteiger partial charge in [-0.3, -0.25) is 9.78 Å². The molecule has 0 aliphatic carbocycles. The average Bonchev–Trinajstić information content (AvgIpc) is 2.57. The first kappa shape index (κ1) is 20.6. The first-order chi connectivity index (χ1) is 10.7. The molecule has 1 atom stereocenters. The second-order valence-electron chi connectivity index (χ2n) is 5.79. The fraction of sp³-hybridized carbons (Fsp3) is 0.412. The highest BCUT2D eigenvalue weighted by atomic mass is 35.5. The van der Waals surface area contributed by atoms with Crippen LogP contribution >= 0.6 is 24.8 Å². The second kappa shape index (κ2) is 9.18. The van der Waals surface area contributed by atoms with Gasteiger partial charge in [-0.2, -0.15) is 0 Å². The van der Waals surface area contributed by atoms with Crippen LogP contribution in [0, 0.1) is 12.8 Å². The smallest absolute Gasteiger partial charge is 0.241 e. The predicted octanol–water partition coefficient (Wildman–Crippen LogP) is 3.08. The van der Waals surface area contributed by atoms with Crippen molar-refractivity contribution >= 4 is 47.3 Å². The molecule has 2 heterocycles. The second-order valence-corrected chi connectivity index (χ2v) is 5.79. The van der Waals surface area contributed by atoms with Gasteiger partial charge < -0.3 is 15.8 Å². The maximum absolute atomic E-state index is 12.4. The number of amides is 1. The summed E-state index contributed by atoms with van der Waals surface area (Å²) in [6, 6.07) is 7.21. The van der Waals surface area contributed by atoms with Crippen molar-refractivity contribution in [3.8, 4) is 0 Å². The van der Waals surface area contributed by atoms with Crippen LogP contribution in [0.4, 0.5) is 5.69 Å². The minimum atomic E-state index is -0.503. The molecular weight excluding hydrogens is 349 g/mol. The van der Waals surface area contributed by atoms with Crippen LogP contribution < -0.4 is 11.1 Å². The predicted molar refractivity (Wildman–Crippen MR) is 101 cm³/mol. The number of benzene rings is 1. The Bertz CT molecular complexity index is 691. The van der Waals surface area contributed by atoms with E-state index in [0.717, 1.165) is 35.0 Å². The van der Waals surface area contributed by atoms with Crippen LogP contribution in [-0.2, 0) is 9.53 Å². The minimum absolute atomic E-state index is 0. The number of hydrogen-bond donors (Lipinski definition) is 2. The van der Waals surface area contributed by atoms with Crippen molar-refractivity contribution in [3.05, 3.63) is 36.0 Å². The van der Waals surface area contributed by atoms with Crippen molar-refractivity contribution in [1.82, 2.24) is 4.98 Å². The summed E-state index contributed by atoms with van der Waals surface area (Å²) in [4.78, 5) is 16.8. The number of nitrogens with two attached hydrogens (primary N) is 1. The lowest BCUT2D eigenvalue weighted by Crippen LogP contribution is -2.44.